The molecule has 0 aromatic heterocycles. The molecular weight excluding hydrogens is 329 g/mol. The first-order chi connectivity index (χ1) is 11.6. The summed E-state index contributed by atoms with van der Waals surface area (Å²) in [5.41, 5.74) is 0.979. The van der Waals surface area contributed by atoms with E-state index in [1.165, 1.54) is 18.2 Å². The molecule has 2 rings (SSSR count). The fraction of sp³-hybridized carbons (Fsp3) is 0.316. The Morgan fingerprint density at radius 3 is 2.12 bits per heavy atom. The Hall–Kier alpha value is -2.50. The molecule has 0 heterocycles. The third kappa shape index (κ3) is 5.24. The molecule has 0 atom stereocenters. The van der Waals surface area contributed by atoms with E-state index < -0.39 is 17.8 Å². The highest BCUT2D eigenvalue weighted by atomic mass is 19.4. The van der Waals surface area contributed by atoms with Crippen LogP contribution in [0.3, 0.4) is 0 Å². The number of urea groups is 1. The van der Waals surface area contributed by atoms with Gasteiger partial charge < -0.3 is 10.6 Å². The summed E-state index contributed by atoms with van der Waals surface area (Å²) in [7, 11) is 0. The van der Waals surface area contributed by atoms with E-state index in [0.29, 0.717) is 5.69 Å². The average molecular weight is 350 g/mol. The van der Waals surface area contributed by atoms with Gasteiger partial charge in [-0.05, 0) is 34.7 Å². The van der Waals surface area contributed by atoms with Gasteiger partial charge in [0.25, 0.3) is 0 Å². The molecule has 0 bridgehead atoms. The number of hydrogen-bond donors (Lipinski definition) is 2. The molecular formula is C19H21F3N2O. The average Bonchev–Trinajstić information content (AvgIpc) is 2.52. The predicted octanol–water partition coefficient (Wildman–Crippen LogP) is 5.32. The quantitative estimate of drug-likeness (QED) is 0.772. The molecule has 0 aliphatic carbocycles. The zero-order chi connectivity index (χ0) is 18.7. The minimum atomic E-state index is -4.45. The zero-order valence-corrected chi connectivity index (χ0v) is 14.4. The van der Waals surface area contributed by atoms with Gasteiger partial charge in [-0.25, -0.2) is 4.79 Å². The minimum absolute atomic E-state index is 0.00208. The second-order valence-corrected chi connectivity index (χ2v) is 6.79. The largest absolute Gasteiger partial charge is 0.416 e. The van der Waals surface area contributed by atoms with Gasteiger partial charge in [-0.1, -0.05) is 51.1 Å². The molecule has 25 heavy (non-hydrogen) atoms. The standard InChI is InChI=1S/C19H21F3N2O/c1-18(2,3)14-8-10-15(11-9-14)24-17(25)23-12-13-6-4-5-7-16(13)19(20,21)22/h4-11H,12H2,1-3H3,(H2,23,24,25). The Balaban J connectivity index is 1.98. The Labute approximate surface area is 145 Å². The highest BCUT2D eigenvalue weighted by molar-refractivity contribution is 5.89. The summed E-state index contributed by atoms with van der Waals surface area (Å²) in [6.45, 7) is 6.04. The molecule has 0 aliphatic heterocycles. The number of carbonyl (C=O) groups is 1. The normalized spacial score (nSPS) is 11.9. The summed E-state index contributed by atoms with van der Waals surface area (Å²) in [6.07, 6.45) is -4.45. The van der Waals surface area contributed by atoms with Crippen molar-refractivity contribution in [1.29, 1.82) is 0 Å². The molecule has 0 saturated carbocycles. The van der Waals surface area contributed by atoms with Crippen LogP contribution in [0.25, 0.3) is 0 Å². The van der Waals surface area contributed by atoms with Crippen molar-refractivity contribution in [2.75, 3.05) is 5.32 Å². The molecule has 0 unspecified atom stereocenters. The summed E-state index contributed by atoms with van der Waals surface area (Å²) in [5.74, 6) is 0. The van der Waals surface area contributed by atoms with Gasteiger partial charge in [-0.3, -0.25) is 0 Å². The number of alkyl halides is 3. The van der Waals surface area contributed by atoms with Crippen LogP contribution in [-0.2, 0) is 18.1 Å². The van der Waals surface area contributed by atoms with Gasteiger partial charge in [0.15, 0.2) is 0 Å². The third-order valence-electron chi connectivity index (χ3n) is 3.77. The van der Waals surface area contributed by atoms with Crippen molar-refractivity contribution in [2.45, 2.75) is 38.9 Å². The Bertz CT molecular complexity index is 732. The van der Waals surface area contributed by atoms with Crippen LogP contribution in [0.15, 0.2) is 48.5 Å². The van der Waals surface area contributed by atoms with Crippen LogP contribution in [0.5, 0.6) is 0 Å². The minimum Gasteiger partial charge on any atom is -0.334 e. The topological polar surface area (TPSA) is 41.1 Å². The van der Waals surface area contributed by atoms with Gasteiger partial charge in [0, 0.05) is 12.2 Å². The van der Waals surface area contributed by atoms with Crippen LogP contribution in [0, 0.1) is 0 Å². The number of nitrogens with one attached hydrogen (secondary N) is 2. The monoisotopic (exact) mass is 350 g/mol. The molecule has 0 spiro atoms. The summed E-state index contributed by atoms with van der Waals surface area (Å²) in [6, 6.07) is 12.0. The molecule has 3 nitrogen and oxygen atoms in total. The molecule has 0 radical (unpaired) electrons. The Morgan fingerprint density at radius 1 is 0.960 bits per heavy atom. The molecule has 0 fully saturated rings. The van der Waals surface area contributed by atoms with Crippen molar-refractivity contribution >= 4 is 11.7 Å². The van der Waals surface area contributed by atoms with E-state index in [1.807, 2.05) is 12.1 Å². The molecule has 2 amide bonds. The van der Waals surface area contributed by atoms with Gasteiger partial charge in [0.2, 0.25) is 0 Å². The smallest absolute Gasteiger partial charge is 0.334 e. The van der Waals surface area contributed by atoms with Gasteiger partial charge in [0.1, 0.15) is 0 Å². The number of rotatable bonds is 3. The van der Waals surface area contributed by atoms with Crippen LogP contribution in [0.1, 0.15) is 37.5 Å². The number of hydrogen-bond acceptors (Lipinski definition) is 1. The molecule has 2 N–H and O–H groups in total. The second kappa shape index (κ2) is 7.17. The zero-order valence-electron chi connectivity index (χ0n) is 14.4. The van der Waals surface area contributed by atoms with Crippen molar-refractivity contribution in [1.82, 2.24) is 5.32 Å². The SMILES string of the molecule is CC(C)(C)c1ccc(NC(=O)NCc2ccccc2C(F)(F)F)cc1. The maximum Gasteiger partial charge on any atom is 0.416 e. The van der Waals surface area contributed by atoms with Gasteiger partial charge in [-0.2, -0.15) is 13.2 Å². The maximum atomic E-state index is 12.9. The summed E-state index contributed by atoms with van der Waals surface area (Å²) in [4.78, 5) is 11.9. The van der Waals surface area contributed by atoms with Crippen LogP contribution in [0.4, 0.5) is 23.7 Å². The molecule has 0 saturated heterocycles. The van der Waals surface area contributed by atoms with Crippen molar-refractivity contribution < 1.29 is 18.0 Å². The second-order valence-electron chi connectivity index (χ2n) is 6.79. The lowest BCUT2D eigenvalue weighted by molar-refractivity contribution is -0.138. The summed E-state index contributed by atoms with van der Waals surface area (Å²) in [5, 5.41) is 5.07. The number of benzene rings is 2. The van der Waals surface area contributed by atoms with E-state index in [0.717, 1.165) is 11.6 Å². The van der Waals surface area contributed by atoms with Gasteiger partial charge in [-0.15, -0.1) is 0 Å². The number of halogens is 3. The first-order valence-corrected chi connectivity index (χ1v) is 7.88. The lowest BCUT2D eigenvalue weighted by Gasteiger charge is -2.19. The van der Waals surface area contributed by atoms with Gasteiger partial charge in [0.05, 0.1) is 5.56 Å². The fourth-order valence-corrected chi connectivity index (χ4v) is 2.36. The molecule has 2 aromatic carbocycles. The molecule has 2 aromatic rings. The highest BCUT2D eigenvalue weighted by Gasteiger charge is 2.32. The Morgan fingerprint density at radius 2 is 1.56 bits per heavy atom. The van der Waals surface area contributed by atoms with E-state index in [2.05, 4.69) is 31.4 Å². The van der Waals surface area contributed by atoms with Gasteiger partial charge >= 0.3 is 12.2 Å². The first kappa shape index (κ1) is 18.8. The van der Waals surface area contributed by atoms with Crippen LogP contribution in [0.2, 0.25) is 0 Å². The van der Waals surface area contributed by atoms with E-state index >= 15 is 0 Å². The van der Waals surface area contributed by atoms with Crippen LogP contribution in [-0.4, -0.2) is 6.03 Å². The Kier molecular flexibility index (Phi) is 5.40. The van der Waals surface area contributed by atoms with E-state index in [9.17, 15) is 18.0 Å². The number of amides is 2. The predicted molar refractivity (Wildman–Crippen MR) is 92.4 cm³/mol. The maximum absolute atomic E-state index is 12.9. The van der Waals surface area contributed by atoms with Crippen LogP contribution >= 0.6 is 0 Å². The van der Waals surface area contributed by atoms with Crippen molar-refractivity contribution in [3.63, 3.8) is 0 Å². The molecule has 6 heteroatoms. The summed E-state index contributed by atoms with van der Waals surface area (Å²) >= 11 is 0. The summed E-state index contributed by atoms with van der Waals surface area (Å²) < 4.78 is 38.8. The van der Waals surface area contributed by atoms with E-state index in [1.54, 1.807) is 12.1 Å². The van der Waals surface area contributed by atoms with Crippen molar-refractivity contribution in [2.24, 2.45) is 0 Å². The number of anilines is 1. The third-order valence-corrected chi connectivity index (χ3v) is 3.77. The van der Waals surface area contributed by atoms with Crippen LogP contribution < -0.4 is 10.6 Å². The van der Waals surface area contributed by atoms with Crippen molar-refractivity contribution in [3.05, 3.63) is 65.2 Å². The van der Waals surface area contributed by atoms with E-state index in [4.69, 9.17) is 0 Å². The molecule has 0 aliphatic rings. The fourth-order valence-electron chi connectivity index (χ4n) is 2.36. The lowest BCUT2D eigenvalue weighted by atomic mass is 9.87. The van der Waals surface area contributed by atoms with E-state index in [-0.39, 0.29) is 17.5 Å². The lowest BCUT2D eigenvalue weighted by Crippen LogP contribution is -2.29. The van der Waals surface area contributed by atoms with Crippen molar-refractivity contribution in [3.8, 4) is 0 Å². The molecule has 134 valence electrons. The highest BCUT2D eigenvalue weighted by Crippen LogP contribution is 2.31. The number of carbonyl (C=O) groups excluding carboxylic acids is 1. The first-order valence-electron chi connectivity index (χ1n) is 7.88.